The lowest BCUT2D eigenvalue weighted by molar-refractivity contribution is 0.0527. The van der Waals surface area contributed by atoms with E-state index in [1.165, 1.54) is 11.3 Å². The van der Waals surface area contributed by atoms with Crippen LogP contribution < -0.4 is 5.32 Å². The summed E-state index contributed by atoms with van der Waals surface area (Å²) in [4.78, 5) is 27.4. The Morgan fingerprint density at radius 2 is 2.14 bits per heavy atom. The number of thiophene rings is 1. The van der Waals surface area contributed by atoms with Gasteiger partial charge < -0.3 is 9.64 Å². The molecular weight excluding hydrogens is 300 g/mol. The molecule has 2 rings (SSSR count). The molecule has 0 spiro atoms. The molecule has 1 aromatic heterocycles. The number of esters is 1. The summed E-state index contributed by atoms with van der Waals surface area (Å²) in [6, 6.07) is -0.127. The molecule has 1 atom stereocenters. The number of nitrogens with one attached hydrogen (secondary N) is 1. The van der Waals surface area contributed by atoms with Crippen LogP contribution in [0.5, 0.6) is 0 Å². The first-order valence-electron chi connectivity index (χ1n) is 7.77. The van der Waals surface area contributed by atoms with Crippen LogP contribution in [-0.4, -0.2) is 36.6 Å². The molecule has 6 heteroatoms. The summed E-state index contributed by atoms with van der Waals surface area (Å²) in [5, 5.41) is 3.50. The topological polar surface area (TPSA) is 58.6 Å². The third-order valence-electron chi connectivity index (χ3n) is 4.03. The lowest BCUT2D eigenvalue weighted by atomic mass is 10.0. The molecule has 1 saturated heterocycles. The first kappa shape index (κ1) is 16.8. The van der Waals surface area contributed by atoms with Gasteiger partial charge in [0.05, 0.1) is 12.2 Å². The Hall–Kier alpha value is -1.56. The maximum absolute atomic E-state index is 12.4. The summed E-state index contributed by atoms with van der Waals surface area (Å²) >= 11 is 1.43. The predicted molar refractivity (Wildman–Crippen MR) is 88.7 cm³/mol. The first-order chi connectivity index (χ1) is 10.4. The SMILES string of the molecule is CCOC(=O)c1c(NC(=O)N2CCCC(C)C2)sc(C)c1C. The highest BCUT2D eigenvalue weighted by Gasteiger charge is 2.25. The van der Waals surface area contributed by atoms with Gasteiger partial charge in [0.2, 0.25) is 0 Å². The zero-order valence-corrected chi connectivity index (χ0v) is 14.5. The maximum atomic E-state index is 12.4. The molecule has 0 radical (unpaired) electrons. The number of urea groups is 1. The molecule has 0 saturated carbocycles. The van der Waals surface area contributed by atoms with E-state index in [1.807, 2.05) is 18.7 Å². The molecule has 1 aliphatic rings. The van der Waals surface area contributed by atoms with Gasteiger partial charge >= 0.3 is 12.0 Å². The Bertz CT molecular complexity index is 568. The van der Waals surface area contributed by atoms with Crippen LogP contribution >= 0.6 is 11.3 Å². The summed E-state index contributed by atoms with van der Waals surface area (Å²) in [6.07, 6.45) is 2.19. The molecule has 1 unspecified atom stereocenters. The zero-order chi connectivity index (χ0) is 16.3. The Morgan fingerprint density at radius 1 is 1.41 bits per heavy atom. The van der Waals surface area contributed by atoms with Crippen molar-refractivity contribution in [2.75, 3.05) is 25.0 Å². The molecule has 0 aliphatic carbocycles. The van der Waals surface area contributed by atoms with E-state index in [4.69, 9.17) is 4.74 Å². The minimum atomic E-state index is -0.369. The van der Waals surface area contributed by atoms with E-state index >= 15 is 0 Å². The summed E-state index contributed by atoms with van der Waals surface area (Å²) in [7, 11) is 0. The second-order valence-corrected chi connectivity index (χ2v) is 7.06. The Morgan fingerprint density at radius 3 is 2.77 bits per heavy atom. The number of hydrogen-bond acceptors (Lipinski definition) is 4. The fourth-order valence-electron chi connectivity index (χ4n) is 2.71. The third-order valence-corrected chi connectivity index (χ3v) is 5.15. The van der Waals surface area contributed by atoms with Crippen molar-refractivity contribution in [2.24, 2.45) is 5.92 Å². The number of ether oxygens (including phenoxy) is 1. The minimum absolute atomic E-state index is 0.127. The van der Waals surface area contributed by atoms with Gasteiger partial charge in [-0.2, -0.15) is 0 Å². The fraction of sp³-hybridized carbons (Fsp3) is 0.625. The number of piperidine rings is 1. The van der Waals surface area contributed by atoms with Gasteiger partial charge in [-0.05, 0) is 45.1 Å². The Kier molecular flexibility index (Phi) is 5.45. The largest absolute Gasteiger partial charge is 0.462 e. The van der Waals surface area contributed by atoms with Crippen molar-refractivity contribution < 1.29 is 14.3 Å². The van der Waals surface area contributed by atoms with E-state index in [1.54, 1.807) is 6.92 Å². The normalized spacial score (nSPS) is 18.2. The molecule has 2 heterocycles. The first-order valence-corrected chi connectivity index (χ1v) is 8.58. The molecule has 0 bridgehead atoms. The van der Waals surface area contributed by atoms with Crippen molar-refractivity contribution >= 4 is 28.3 Å². The monoisotopic (exact) mass is 324 g/mol. The molecule has 1 aromatic rings. The summed E-state index contributed by atoms with van der Waals surface area (Å²) in [5.41, 5.74) is 1.37. The van der Waals surface area contributed by atoms with Gasteiger partial charge in [-0.1, -0.05) is 6.92 Å². The number of hydrogen-bond donors (Lipinski definition) is 1. The predicted octanol–water partition coefficient (Wildman–Crippen LogP) is 3.81. The van der Waals surface area contributed by atoms with Crippen LogP contribution in [0.4, 0.5) is 9.80 Å². The van der Waals surface area contributed by atoms with Crippen molar-refractivity contribution in [3.63, 3.8) is 0 Å². The zero-order valence-electron chi connectivity index (χ0n) is 13.7. The van der Waals surface area contributed by atoms with E-state index in [0.717, 1.165) is 36.4 Å². The highest BCUT2D eigenvalue weighted by molar-refractivity contribution is 7.16. The van der Waals surface area contributed by atoms with Crippen molar-refractivity contribution in [1.29, 1.82) is 0 Å². The molecular formula is C16H24N2O3S. The molecule has 5 nitrogen and oxygen atoms in total. The van der Waals surface area contributed by atoms with Crippen LogP contribution in [0.1, 0.15) is 47.5 Å². The Balaban J connectivity index is 2.16. The number of anilines is 1. The van der Waals surface area contributed by atoms with Gasteiger partial charge in [0.15, 0.2) is 0 Å². The van der Waals surface area contributed by atoms with E-state index in [2.05, 4.69) is 12.2 Å². The van der Waals surface area contributed by atoms with Gasteiger partial charge in [-0.25, -0.2) is 9.59 Å². The number of nitrogens with zero attached hydrogens (tertiary/aromatic N) is 1. The van der Waals surface area contributed by atoms with Crippen molar-refractivity contribution in [3.05, 3.63) is 16.0 Å². The minimum Gasteiger partial charge on any atom is -0.462 e. The maximum Gasteiger partial charge on any atom is 0.341 e. The lowest BCUT2D eigenvalue weighted by Gasteiger charge is -2.30. The molecule has 2 amide bonds. The van der Waals surface area contributed by atoms with E-state index in [-0.39, 0.29) is 12.0 Å². The van der Waals surface area contributed by atoms with E-state index in [9.17, 15) is 9.59 Å². The molecule has 0 aromatic carbocycles. The van der Waals surface area contributed by atoms with Gasteiger partial charge in [0.1, 0.15) is 5.00 Å². The highest BCUT2D eigenvalue weighted by Crippen LogP contribution is 2.33. The summed E-state index contributed by atoms with van der Waals surface area (Å²) in [6.45, 7) is 9.63. The van der Waals surface area contributed by atoms with Crippen LogP contribution in [0, 0.1) is 19.8 Å². The third kappa shape index (κ3) is 3.61. The van der Waals surface area contributed by atoms with Gasteiger partial charge in [-0.15, -0.1) is 11.3 Å². The van der Waals surface area contributed by atoms with Crippen LogP contribution in [0.25, 0.3) is 0 Å². The standard InChI is InChI=1S/C16H24N2O3S/c1-5-21-15(19)13-11(3)12(4)22-14(13)17-16(20)18-8-6-7-10(2)9-18/h10H,5-9H2,1-4H3,(H,17,20). The fourth-order valence-corrected chi connectivity index (χ4v) is 3.75. The van der Waals surface area contributed by atoms with Gasteiger partial charge in [-0.3, -0.25) is 5.32 Å². The van der Waals surface area contributed by atoms with Crippen molar-refractivity contribution in [2.45, 2.75) is 40.5 Å². The number of carbonyl (C=O) groups excluding carboxylic acids is 2. The van der Waals surface area contributed by atoms with Crippen LogP contribution in [0.2, 0.25) is 0 Å². The molecule has 22 heavy (non-hydrogen) atoms. The van der Waals surface area contributed by atoms with Crippen LogP contribution in [0.3, 0.4) is 0 Å². The number of likely N-dealkylation sites (tertiary alicyclic amines) is 1. The quantitative estimate of drug-likeness (QED) is 0.860. The van der Waals surface area contributed by atoms with Crippen LogP contribution in [-0.2, 0) is 4.74 Å². The second-order valence-electron chi connectivity index (χ2n) is 5.83. The number of amides is 2. The number of rotatable bonds is 3. The van der Waals surface area contributed by atoms with Crippen LogP contribution in [0.15, 0.2) is 0 Å². The van der Waals surface area contributed by atoms with E-state index < -0.39 is 0 Å². The Labute approximate surface area is 135 Å². The summed E-state index contributed by atoms with van der Waals surface area (Å²) in [5.74, 6) is 0.155. The van der Waals surface area contributed by atoms with Gasteiger partial charge in [0, 0.05) is 18.0 Å². The van der Waals surface area contributed by atoms with E-state index in [0.29, 0.717) is 23.1 Å². The smallest absolute Gasteiger partial charge is 0.341 e. The number of aryl methyl sites for hydroxylation is 1. The average molecular weight is 324 g/mol. The lowest BCUT2D eigenvalue weighted by Crippen LogP contribution is -2.41. The highest BCUT2D eigenvalue weighted by atomic mass is 32.1. The van der Waals surface area contributed by atoms with Crippen molar-refractivity contribution in [1.82, 2.24) is 4.90 Å². The average Bonchev–Trinajstić information content (AvgIpc) is 2.74. The molecule has 1 fully saturated rings. The number of carbonyl (C=O) groups is 2. The van der Waals surface area contributed by atoms with Gasteiger partial charge in [0.25, 0.3) is 0 Å². The molecule has 1 aliphatic heterocycles. The van der Waals surface area contributed by atoms with Crippen molar-refractivity contribution in [3.8, 4) is 0 Å². The molecule has 1 N–H and O–H groups in total. The summed E-state index contributed by atoms with van der Waals surface area (Å²) < 4.78 is 5.11. The second kappa shape index (κ2) is 7.13. The molecule has 122 valence electrons.